The van der Waals surface area contributed by atoms with Crippen LogP contribution in [0.15, 0.2) is 53.6 Å². The van der Waals surface area contributed by atoms with Crippen molar-refractivity contribution in [1.82, 2.24) is 5.01 Å². The summed E-state index contributed by atoms with van der Waals surface area (Å²) in [6, 6.07) is 15.3. The van der Waals surface area contributed by atoms with Crippen molar-refractivity contribution in [2.75, 3.05) is 31.5 Å². The van der Waals surface area contributed by atoms with Crippen LogP contribution < -0.4 is 10.2 Å². The fourth-order valence-corrected chi connectivity index (χ4v) is 3.41. The van der Waals surface area contributed by atoms with Crippen LogP contribution in [-0.4, -0.2) is 48.7 Å². The van der Waals surface area contributed by atoms with Gasteiger partial charge in [-0.1, -0.05) is 48.0 Å². The van der Waals surface area contributed by atoms with Gasteiger partial charge in [0, 0.05) is 17.1 Å². The van der Waals surface area contributed by atoms with E-state index in [-0.39, 0.29) is 24.9 Å². The Balaban J connectivity index is 1.57. The van der Waals surface area contributed by atoms with E-state index in [4.69, 9.17) is 11.6 Å². The van der Waals surface area contributed by atoms with E-state index in [1.807, 2.05) is 50.2 Å². The molecule has 152 valence electrons. The Morgan fingerprint density at radius 1 is 1.17 bits per heavy atom. The molecule has 2 N–H and O–H groups in total. The maximum atomic E-state index is 12.7. The molecule has 7 heteroatoms. The van der Waals surface area contributed by atoms with Crippen molar-refractivity contribution in [2.45, 2.75) is 20.3 Å². The van der Waals surface area contributed by atoms with Crippen LogP contribution in [0.5, 0.6) is 0 Å². The highest BCUT2D eigenvalue weighted by molar-refractivity contribution is 6.31. The molecule has 0 fully saturated rings. The molecule has 0 aliphatic carbocycles. The molecule has 0 radical (unpaired) electrons. The fraction of sp³-hybridized carbons (Fsp3) is 0.318. The molecule has 0 saturated carbocycles. The SMILES string of the molecule is CC[NH+](CC(=O)Nc1cc(Cl)ccc1C)CC(=O)N1CCC(c2ccccc2)=N1. The zero-order valence-corrected chi connectivity index (χ0v) is 17.5. The minimum atomic E-state index is -0.144. The minimum Gasteiger partial charge on any atom is -0.321 e. The Labute approximate surface area is 176 Å². The van der Waals surface area contributed by atoms with Crippen LogP contribution in [0.2, 0.25) is 5.02 Å². The lowest BCUT2D eigenvalue weighted by molar-refractivity contribution is -0.882. The number of carbonyl (C=O) groups is 2. The summed E-state index contributed by atoms with van der Waals surface area (Å²) in [6.07, 6.45) is 0.742. The summed E-state index contributed by atoms with van der Waals surface area (Å²) >= 11 is 6.01. The molecule has 0 saturated heterocycles. The number of hydrazone groups is 1. The number of halogens is 1. The first kappa shape index (κ1) is 21.0. The summed E-state index contributed by atoms with van der Waals surface area (Å²) in [5, 5.41) is 9.47. The predicted molar refractivity (Wildman–Crippen MR) is 115 cm³/mol. The molecule has 6 nitrogen and oxygen atoms in total. The zero-order valence-electron chi connectivity index (χ0n) is 16.7. The van der Waals surface area contributed by atoms with Crippen molar-refractivity contribution in [3.05, 3.63) is 64.7 Å². The second-order valence-corrected chi connectivity index (χ2v) is 7.58. The Bertz CT molecular complexity index is 914. The molecule has 0 bridgehead atoms. The van der Waals surface area contributed by atoms with Gasteiger partial charge in [0.2, 0.25) is 0 Å². The molecule has 29 heavy (non-hydrogen) atoms. The van der Waals surface area contributed by atoms with Gasteiger partial charge >= 0.3 is 0 Å². The van der Waals surface area contributed by atoms with E-state index in [1.54, 1.807) is 12.1 Å². The van der Waals surface area contributed by atoms with Crippen molar-refractivity contribution >= 4 is 34.8 Å². The number of hydrogen-bond donors (Lipinski definition) is 2. The fourth-order valence-electron chi connectivity index (χ4n) is 3.24. The Hall–Kier alpha value is -2.70. The monoisotopic (exact) mass is 413 g/mol. The third-order valence-corrected chi connectivity index (χ3v) is 5.22. The van der Waals surface area contributed by atoms with Gasteiger partial charge in [0.15, 0.2) is 13.1 Å². The van der Waals surface area contributed by atoms with Gasteiger partial charge in [-0.3, -0.25) is 9.59 Å². The first-order chi connectivity index (χ1) is 14.0. The van der Waals surface area contributed by atoms with Crippen LogP contribution in [0.3, 0.4) is 0 Å². The molecule has 3 rings (SSSR count). The highest BCUT2D eigenvalue weighted by Gasteiger charge is 2.25. The number of anilines is 1. The summed E-state index contributed by atoms with van der Waals surface area (Å²) in [5.41, 5.74) is 3.60. The largest absolute Gasteiger partial charge is 0.321 e. The van der Waals surface area contributed by atoms with Gasteiger partial charge in [-0.05, 0) is 37.1 Å². The lowest BCUT2D eigenvalue weighted by atomic mass is 10.1. The first-order valence-electron chi connectivity index (χ1n) is 9.79. The number of aryl methyl sites for hydroxylation is 1. The average molecular weight is 414 g/mol. The molecule has 1 atom stereocenters. The lowest BCUT2D eigenvalue weighted by Gasteiger charge is -2.19. The molecule has 0 spiro atoms. The third-order valence-electron chi connectivity index (χ3n) is 4.98. The van der Waals surface area contributed by atoms with Gasteiger partial charge in [-0.2, -0.15) is 5.10 Å². The Kier molecular flexibility index (Phi) is 7.01. The number of likely N-dealkylation sites (N-methyl/N-ethyl adjacent to an activating group) is 1. The molecule has 2 amide bonds. The van der Waals surface area contributed by atoms with Gasteiger partial charge in [-0.15, -0.1) is 0 Å². The average Bonchev–Trinajstić information content (AvgIpc) is 3.21. The van der Waals surface area contributed by atoms with Gasteiger partial charge in [0.25, 0.3) is 11.8 Å². The van der Waals surface area contributed by atoms with Crippen molar-refractivity contribution in [2.24, 2.45) is 5.10 Å². The van der Waals surface area contributed by atoms with E-state index < -0.39 is 0 Å². The minimum absolute atomic E-state index is 0.0699. The molecule has 1 aliphatic rings. The molecule has 0 aromatic heterocycles. The molecule has 1 unspecified atom stereocenters. The second kappa shape index (κ2) is 9.67. The van der Waals surface area contributed by atoms with Crippen molar-refractivity contribution < 1.29 is 14.5 Å². The number of nitrogens with zero attached hydrogens (tertiary/aromatic N) is 2. The van der Waals surface area contributed by atoms with E-state index >= 15 is 0 Å². The second-order valence-electron chi connectivity index (χ2n) is 7.14. The smallest absolute Gasteiger partial charge is 0.297 e. The first-order valence-corrected chi connectivity index (χ1v) is 10.2. The topological polar surface area (TPSA) is 66.2 Å². The maximum absolute atomic E-state index is 12.7. The maximum Gasteiger partial charge on any atom is 0.297 e. The quantitative estimate of drug-likeness (QED) is 0.730. The number of quaternary nitrogens is 1. The summed E-state index contributed by atoms with van der Waals surface area (Å²) in [4.78, 5) is 26.0. The molecular weight excluding hydrogens is 388 g/mol. The molecule has 2 aromatic rings. The van der Waals surface area contributed by atoms with E-state index in [1.165, 1.54) is 5.01 Å². The zero-order chi connectivity index (χ0) is 20.8. The number of benzene rings is 2. The Morgan fingerprint density at radius 3 is 2.66 bits per heavy atom. The third kappa shape index (κ3) is 5.65. The standard InChI is InChI=1S/C22H25ClN4O2/c1-3-26(14-21(28)24-20-13-18(23)10-9-16(20)2)15-22(29)27-12-11-19(25-27)17-7-5-4-6-8-17/h4-10,13H,3,11-12,14-15H2,1-2H3,(H,24,28)/p+1. The molecule has 1 aliphatic heterocycles. The van der Waals surface area contributed by atoms with E-state index in [2.05, 4.69) is 10.4 Å². The van der Waals surface area contributed by atoms with Crippen LogP contribution in [0.4, 0.5) is 5.69 Å². The van der Waals surface area contributed by atoms with Crippen LogP contribution >= 0.6 is 11.6 Å². The summed E-state index contributed by atoms with van der Waals surface area (Å²) in [6.45, 7) is 5.55. The van der Waals surface area contributed by atoms with Gasteiger partial charge < -0.3 is 10.2 Å². The van der Waals surface area contributed by atoms with E-state index in [0.29, 0.717) is 23.8 Å². The van der Waals surface area contributed by atoms with Crippen molar-refractivity contribution in [3.8, 4) is 0 Å². The number of nitrogens with one attached hydrogen (secondary N) is 2. The summed E-state index contributed by atoms with van der Waals surface area (Å²) in [7, 11) is 0. The van der Waals surface area contributed by atoms with Gasteiger partial charge in [-0.25, -0.2) is 5.01 Å². The summed E-state index contributed by atoms with van der Waals surface area (Å²) in [5.74, 6) is -0.213. The highest BCUT2D eigenvalue weighted by Crippen LogP contribution is 2.19. The van der Waals surface area contributed by atoms with Gasteiger partial charge in [0.05, 0.1) is 18.8 Å². The molecule has 1 heterocycles. The van der Waals surface area contributed by atoms with Crippen LogP contribution in [-0.2, 0) is 9.59 Å². The van der Waals surface area contributed by atoms with Crippen molar-refractivity contribution in [3.63, 3.8) is 0 Å². The van der Waals surface area contributed by atoms with Crippen LogP contribution in [0, 0.1) is 6.92 Å². The highest BCUT2D eigenvalue weighted by atomic mass is 35.5. The normalized spacial score (nSPS) is 14.4. The van der Waals surface area contributed by atoms with Crippen LogP contribution in [0.1, 0.15) is 24.5 Å². The number of hydrogen-bond acceptors (Lipinski definition) is 3. The number of rotatable bonds is 7. The predicted octanol–water partition coefficient (Wildman–Crippen LogP) is 2.13. The van der Waals surface area contributed by atoms with Crippen LogP contribution in [0.25, 0.3) is 0 Å². The summed E-state index contributed by atoms with van der Waals surface area (Å²) < 4.78 is 0. The molecule has 2 aromatic carbocycles. The van der Waals surface area contributed by atoms with E-state index in [0.717, 1.165) is 28.2 Å². The van der Waals surface area contributed by atoms with E-state index in [9.17, 15) is 9.59 Å². The lowest BCUT2D eigenvalue weighted by Crippen LogP contribution is -3.13. The number of carbonyl (C=O) groups excluding carboxylic acids is 2. The van der Waals surface area contributed by atoms with Gasteiger partial charge in [0.1, 0.15) is 0 Å². The molecular formula is C22H26ClN4O2+. The Morgan fingerprint density at radius 2 is 1.93 bits per heavy atom. The van der Waals surface area contributed by atoms with Crippen molar-refractivity contribution in [1.29, 1.82) is 0 Å². The number of amides is 2.